The van der Waals surface area contributed by atoms with E-state index in [-0.39, 0.29) is 6.42 Å². The molecule has 0 saturated heterocycles. The summed E-state index contributed by atoms with van der Waals surface area (Å²) in [5, 5.41) is 0. The molecule has 0 aliphatic rings. The third-order valence-electron chi connectivity index (χ3n) is 1.51. The van der Waals surface area contributed by atoms with Crippen molar-refractivity contribution in [3.8, 4) is 0 Å². The van der Waals surface area contributed by atoms with Crippen molar-refractivity contribution < 1.29 is 48.7 Å². The smallest absolute Gasteiger partial charge is 0.299 e. The maximum absolute atomic E-state index is 12.5. The molecule has 0 fully saturated rings. The molecular weight excluding hydrogens is 315 g/mol. The molecular formula is C7H9F8O3P. The average Bonchev–Trinajstić information content (AvgIpc) is 2.11. The Morgan fingerprint density at radius 3 is 1.79 bits per heavy atom. The van der Waals surface area contributed by atoms with Crippen LogP contribution in [-0.4, -0.2) is 31.2 Å². The fraction of sp³-hybridized carbons (Fsp3) is 1.00. The predicted octanol–water partition coefficient (Wildman–Crippen LogP) is 4.34. The summed E-state index contributed by atoms with van der Waals surface area (Å²) >= 11 is 0. The predicted molar refractivity (Wildman–Crippen MR) is 46.9 cm³/mol. The molecule has 3 nitrogen and oxygen atoms in total. The minimum Gasteiger partial charge on any atom is -0.299 e. The van der Waals surface area contributed by atoms with Gasteiger partial charge in [0.2, 0.25) is 0 Å². The van der Waals surface area contributed by atoms with Gasteiger partial charge in [-0.05, 0) is 6.42 Å². The summed E-state index contributed by atoms with van der Waals surface area (Å²) < 4.78 is 114. The highest BCUT2D eigenvalue weighted by molar-refractivity contribution is 7.53. The van der Waals surface area contributed by atoms with Gasteiger partial charge in [-0.15, -0.1) is 0 Å². The van der Waals surface area contributed by atoms with Crippen molar-refractivity contribution in [1.82, 2.24) is 0 Å². The van der Waals surface area contributed by atoms with E-state index >= 15 is 0 Å². The van der Waals surface area contributed by atoms with Gasteiger partial charge in [-0.2, -0.15) is 35.1 Å². The van der Waals surface area contributed by atoms with Crippen LogP contribution >= 0.6 is 7.60 Å². The highest BCUT2D eigenvalue weighted by Gasteiger charge is 2.63. The van der Waals surface area contributed by atoms with Gasteiger partial charge in [0, 0.05) is 0 Å². The molecule has 12 heteroatoms. The summed E-state index contributed by atoms with van der Waals surface area (Å²) in [7, 11) is -5.22. The van der Waals surface area contributed by atoms with E-state index in [2.05, 4.69) is 9.05 Å². The van der Waals surface area contributed by atoms with Crippen molar-refractivity contribution in [2.75, 3.05) is 12.8 Å². The molecule has 0 aliphatic carbocycles. The number of halogens is 8. The van der Waals surface area contributed by atoms with Crippen molar-refractivity contribution in [3.63, 3.8) is 0 Å². The fourth-order valence-electron chi connectivity index (χ4n) is 0.808. The van der Waals surface area contributed by atoms with Crippen LogP contribution in [0, 0.1) is 0 Å². The Balaban J connectivity index is 4.96. The van der Waals surface area contributed by atoms with Gasteiger partial charge in [0.15, 0.2) is 6.61 Å². The SMILES string of the molecule is CCCP(=O)(OCC(F)(F)F)OC(F)(F)C(F)(F)F. The molecule has 0 aromatic heterocycles. The molecule has 116 valence electrons. The van der Waals surface area contributed by atoms with E-state index in [9.17, 15) is 39.7 Å². The van der Waals surface area contributed by atoms with Crippen LogP contribution in [0.5, 0.6) is 0 Å². The van der Waals surface area contributed by atoms with E-state index in [4.69, 9.17) is 0 Å². The van der Waals surface area contributed by atoms with E-state index in [0.29, 0.717) is 0 Å². The van der Waals surface area contributed by atoms with E-state index in [1.54, 1.807) is 0 Å². The number of hydrogen-bond acceptors (Lipinski definition) is 3. The maximum atomic E-state index is 12.5. The summed E-state index contributed by atoms with van der Waals surface area (Å²) in [6, 6.07) is 0. The Bertz CT molecular complexity index is 336. The molecule has 0 amide bonds. The highest BCUT2D eigenvalue weighted by atomic mass is 31.2. The topological polar surface area (TPSA) is 35.5 Å². The van der Waals surface area contributed by atoms with E-state index in [0.717, 1.165) is 0 Å². The van der Waals surface area contributed by atoms with Crippen molar-refractivity contribution in [3.05, 3.63) is 0 Å². The van der Waals surface area contributed by atoms with Crippen LogP contribution < -0.4 is 0 Å². The largest absolute Gasteiger partial charge is 0.483 e. The number of alkyl halides is 8. The fourth-order valence-corrected chi connectivity index (χ4v) is 2.43. The normalized spacial score (nSPS) is 17.3. The van der Waals surface area contributed by atoms with Crippen molar-refractivity contribution >= 4 is 7.60 Å². The van der Waals surface area contributed by atoms with Gasteiger partial charge in [0.25, 0.3) is 0 Å². The Morgan fingerprint density at radius 1 is 1.00 bits per heavy atom. The monoisotopic (exact) mass is 324 g/mol. The van der Waals surface area contributed by atoms with Crippen LogP contribution in [-0.2, 0) is 13.6 Å². The van der Waals surface area contributed by atoms with Crippen molar-refractivity contribution in [2.24, 2.45) is 0 Å². The van der Waals surface area contributed by atoms with Gasteiger partial charge >= 0.3 is 26.1 Å². The second-order valence-electron chi connectivity index (χ2n) is 3.33. The number of rotatable bonds is 6. The molecule has 0 saturated carbocycles. The Hall–Kier alpha value is -0.410. The molecule has 0 aliphatic heterocycles. The summed E-state index contributed by atoms with van der Waals surface area (Å²) in [5.41, 5.74) is 0. The minimum atomic E-state index is -6.21. The van der Waals surface area contributed by atoms with Gasteiger partial charge in [0.05, 0.1) is 6.16 Å². The van der Waals surface area contributed by atoms with Crippen LogP contribution in [0.3, 0.4) is 0 Å². The third kappa shape index (κ3) is 6.53. The molecule has 0 N–H and O–H groups in total. The molecule has 0 aromatic carbocycles. The second-order valence-corrected chi connectivity index (χ2v) is 5.44. The van der Waals surface area contributed by atoms with Gasteiger partial charge < -0.3 is 0 Å². The zero-order valence-electron chi connectivity index (χ0n) is 9.32. The molecule has 0 bridgehead atoms. The van der Waals surface area contributed by atoms with Crippen LogP contribution in [0.25, 0.3) is 0 Å². The lowest BCUT2D eigenvalue weighted by atomic mass is 10.6. The van der Waals surface area contributed by atoms with Crippen LogP contribution in [0.1, 0.15) is 13.3 Å². The minimum absolute atomic E-state index is 0.275. The van der Waals surface area contributed by atoms with E-state index in [1.165, 1.54) is 6.92 Å². The first-order valence-corrected chi connectivity index (χ1v) is 6.41. The standard InChI is InChI=1S/C7H9F8O3P/c1-2-3-19(16,17-4-5(8,9)10)18-7(14,15)6(11,12)13/h2-4H2,1H3. The van der Waals surface area contributed by atoms with E-state index in [1.807, 2.05) is 0 Å². The van der Waals surface area contributed by atoms with Crippen LogP contribution in [0.15, 0.2) is 0 Å². The lowest BCUT2D eigenvalue weighted by Gasteiger charge is -2.25. The first-order valence-electron chi connectivity index (χ1n) is 4.68. The first kappa shape index (κ1) is 18.6. The van der Waals surface area contributed by atoms with Crippen molar-refractivity contribution in [2.45, 2.75) is 31.8 Å². The first-order chi connectivity index (χ1) is 8.22. The van der Waals surface area contributed by atoms with Crippen molar-refractivity contribution in [1.29, 1.82) is 0 Å². The summed E-state index contributed by atoms with van der Waals surface area (Å²) in [6.07, 6.45) is -18.4. The highest BCUT2D eigenvalue weighted by Crippen LogP contribution is 2.56. The lowest BCUT2D eigenvalue weighted by molar-refractivity contribution is -0.363. The Labute approximate surface area is 102 Å². The molecule has 1 unspecified atom stereocenters. The van der Waals surface area contributed by atoms with E-state index < -0.39 is 38.8 Å². The van der Waals surface area contributed by atoms with Crippen LogP contribution in [0.4, 0.5) is 35.1 Å². The Morgan fingerprint density at radius 2 is 1.47 bits per heavy atom. The molecule has 0 aromatic rings. The molecule has 19 heavy (non-hydrogen) atoms. The zero-order chi connectivity index (χ0) is 15.5. The zero-order valence-corrected chi connectivity index (χ0v) is 10.2. The van der Waals surface area contributed by atoms with Gasteiger partial charge in [-0.3, -0.25) is 9.09 Å². The summed E-state index contributed by atoms with van der Waals surface area (Å²) in [5.74, 6) is 0. The third-order valence-corrected chi connectivity index (χ3v) is 3.53. The average molecular weight is 324 g/mol. The Kier molecular flexibility index (Phi) is 5.80. The molecule has 1 atom stereocenters. The summed E-state index contributed by atoms with van der Waals surface area (Å²) in [6.45, 7) is -1.06. The van der Waals surface area contributed by atoms with Gasteiger partial charge in [0.1, 0.15) is 0 Å². The molecule has 0 rings (SSSR count). The maximum Gasteiger partial charge on any atom is 0.483 e. The quantitative estimate of drug-likeness (QED) is 0.538. The molecule has 0 spiro atoms. The van der Waals surface area contributed by atoms with Crippen LogP contribution in [0.2, 0.25) is 0 Å². The molecule has 0 radical (unpaired) electrons. The summed E-state index contributed by atoms with van der Waals surface area (Å²) in [4.78, 5) is 0. The van der Waals surface area contributed by atoms with Gasteiger partial charge in [-0.25, -0.2) is 4.52 Å². The number of hydrogen-bond donors (Lipinski definition) is 0. The molecule has 0 heterocycles. The second kappa shape index (κ2) is 5.92. The van der Waals surface area contributed by atoms with Gasteiger partial charge in [-0.1, -0.05) is 6.92 Å². The lowest BCUT2D eigenvalue weighted by Crippen LogP contribution is -2.38.